The largest absolute Gasteiger partial charge is 0.497 e. The van der Waals surface area contributed by atoms with Gasteiger partial charge in [0.25, 0.3) is 5.56 Å². The molecule has 1 aliphatic heterocycles. The highest BCUT2D eigenvalue weighted by atomic mass is 32.2. The Labute approximate surface area is 189 Å². The van der Waals surface area contributed by atoms with Gasteiger partial charge in [-0.3, -0.25) is 14.2 Å². The van der Waals surface area contributed by atoms with Gasteiger partial charge in [-0.1, -0.05) is 23.9 Å². The zero-order valence-electron chi connectivity index (χ0n) is 18.0. The number of methoxy groups -OCH3 is 2. The zero-order chi connectivity index (χ0) is 22.5. The van der Waals surface area contributed by atoms with Crippen molar-refractivity contribution in [3.8, 4) is 11.5 Å². The van der Waals surface area contributed by atoms with Gasteiger partial charge in [0.05, 0.1) is 49.2 Å². The number of benzene rings is 2. The monoisotopic (exact) mass is 455 g/mol. The van der Waals surface area contributed by atoms with E-state index in [1.54, 1.807) is 42.0 Å². The number of rotatable bonds is 8. The zero-order valence-corrected chi connectivity index (χ0v) is 18.8. The summed E-state index contributed by atoms with van der Waals surface area (Å²) in [4.78, 5) is 30.5. The molecule has 1 amide bonds. The Kier molecular flexibility index (Phi) is 6.96. The van der Waals surface area contributed by atoms with E-state index in [9.17, 15) is 9.59 Å². The highest BCUT2D eigenvalue weighted by Gasteiger charge is 2.21. The molecule has 0 radical (unpaired) electrons. The number of para-hydroxylation sites is 1. The van der Waals surface area contributed by atoms with Gasteiger partial charge in [0.15, 0.2) is 5.16 Å². The number of anilines is 1. The standard InChI is InChI=1S/C23H25N3O5S/c1-29-15-9-10-20(30-2)19(12-15)24-21(27)14-32-23-25-18-8-4-3-7-17(18)22(28)26(23)13-16-6-5-11-31-16/h3-4,7-10,12,16H,5-6,11,13-14H2,1-2H3,(H,24,27)/t16-/m0/s1. The normalized spacial score (nSPS) is 15.6. The maximum Gasteiger partial charge on any atom is 0.262 e. The Bertz CT molecular complexity index is 1170. The minimum absolute atomic E-state index is 0.0233. The Balaban J connectivity index is 1.55. The number of amides is 1. The lowest BCUT2D eigenvalue weighted by atomic mass is 10.2. The summed E-state index contributed by atoms with van der Waals surface area (Å²) in [5, 5.41) is 3.90. The number of carbonyl (C=O) groups excluding carboxylic acids is 1. The van der Waals surface area contributed by atoms with Gasteiger partial charge in [-0.2, -0.15) is 0 Å². The second-order valence-electron chi connectivity index (χ2n) is 7.37. The van der Waals surface area contributed by atoms with Crippen molar-refractivity contribution < 1.29 is 19.0 Å². The van der Waals surface area contributed by atoms with E-state index in [4.69, 9.17) is 14.2 Å². The number of thioether (sulfide) groups is 1. The second-order valence-corrected chi connectivity index (χ2v) is 8.31. The van der Waals surface area contributed by atoms with Gasteiger partial charge in [0.1, 0.15) is 11.5 Å². The number of fused-ring (bicyclic) bond motifs is 1. The average Bonchev–Trinajstić information content (AvgIpc) is 3.33. The number of nitrogens with zero attached hydrogens (tertiary/aromatic N) is 2. The van der Waals surface area contributed by atoms with Crippen molar-refractivity contribution in [2.24, 2.45) is 0 Å². The van der Waals surface area contributed by atoms with Crippen molar-refractivity contribution >= 4 is 34.3 Å². The first-order chi connectivity index (χ1) is 15.6. The Morgan fingerprint density at radius 2 is 2.09 bits per heavy atom. The molecule has 1 aliphatic rings. The highest BCUT2D eigenvalue weighted by Crippen LogP contribution is 2.29. The van der Waals surface area contributed by atoms with Gasteiger partial charge in [-0.25, -0.2) is 4.98 Å². The Morgan fingerprint density at radius 1 is 1.25 bits per heavy atom. The fraction of sp³-hybridized carbons (Fsp3) is 0.348. The molecule has 0 unspecified atom stereocenters. The molecule has 1 fully saturated rings. The average molecular weight is 456 g/mol. The highest BCUT2D eigenvalue weighted by molar-refractivity contribution is 7.99. The van der Waals surface area contributed by atoms with Crippen LogP contribution in [-0.2, 0) is 16.1 Å². The first-order valence-electron chi connectivity index (χ1n) is 10.3. The van der Waals surface area contributed by atoms with Crippen molar-refractivity contribution in [3.05, 3.63) is 52.8 Å². The minimum atomic E-state index is -0.243. The van der Waals surface area contributed by atoms with Crippen LogP contribution in [0.1, 0.15) is 12.8 Å². The molecule has 4 rings (SSSR count). The van der Waals surface area contributed by atoms with Crippen LogP contribution in [0.2, 0.25) is 0 Å². The van der Waals surface area contributed by atoms with Crippen molar-refractivity contribution in [3.63, 3.8) is 0 Å². The van der Waals surface area contributed by atoms with Gasteiger partial charge in [-0.15, -0.1) is 0 Å². The number of ether oxygens (including phenoxy) is 3. The summed E-state index contributed by atoms with van der Waals surface area (Å²) in [6, 6.07) is 12.4. The molecule has 0 aliphatic carbocycles. The van der Waals surface area contributed by atoms with Gasteiger partial charge in [0, 0.05) is 12.7 Å². The summed E-state index contributed by atoms with van der Waals surface area (Å²) in [5.74, 6) is 0.975. The van der Waals surface area contributed by atoms with Crippen LogP contribution in [0.15, 0.2) is 52.4 Å². The molecule has 2 aromatic carbocycles. The third-order valence-electron chi connectivity index (χ3n) is 5.25. The van der Waals surface area contributed by atoms with Crippen LogP contribution in [0.3, 0.4) is 0 Å². The van der Waals surface area contributed by atoms with E-state index < -0.39 is 0 Å². The number of hydrogen-bond donors (Lipinski definition) is 1. The predicted octanol–water partition coefficient (Wildman–Crippen LogP) is 3.32. The quantitative estimate of drug-likeness (QED) is 0.411. The second kappa shape index (κ2) is 10.1. The van der Waals surface area contributed by atoms with Gasteiger partial charge in [0.2, 0.25) is 5.91 Å². The van der Waals surface area contributed by atoms with Crippen LogP contribution < -0.4 is 20.3 Å². The molecule has 1 saturated heterocycles. The molecule has 9 heteroatoms. The van der Waals surface area contributed by atoms with Crippen LogP contribution in [0.4, 0.5) is 5.69 Å². The molecule has 0 bridgehead atoms. The van der Waals surface area contributed by atoms with Crippen LogP contribution in [0.5, 0.6) is 11.5 Å². The molecule has 168 valence electrons. The van der Waals surface area contributed by atoms with E-state index in [1.807, 2.05) is 12.1 Å². The van der Waals surface area contributed by atoms with Crippen molar-refractivity contribution in [2.45, 2.75) is 30.6 Å². The van der Waals surface area contributed by atoms with Crippen molar-refractivity contribution in [1.82, 2.24) is 9.55 Å². The Hall–Kier alpha value is -3.04. The number of hydrogen-bond acceptors (Lipinski definition) is 7. The smallest absolute Gasteiger partial charge is 0.262 e. The lowest BCUT2D eigenvalue weighted by Crippen LogP contribution is -2.29. The third-order valence-corrected chi connectivity index (χ3v) is 6.23. The van der Waals surface area contributed by atoms with E-state index in [-0.39, 0.29) is 23.3 Å². The molecule has 32 heavy (non-hydrogen) atoms. The summed E-state index contributed by atoms with van der Waals surface area (Å²) in [5.41, 5.74) is 1.00. The lowest BCUT2D eigenvalue weighted by molar-refractivity contribution is -0.113. The number of nitrogens with one attached hydrogen (secondary N) is 1. The molecule has 3 aromatic rings. The van der Waals surface area contributed by atoms with E-state index in [0.717, 1.165) is 12.8 Å². The predicted molar refractivity (Wildman–Crippen MR) is 124 cm³/mol. The number of carbonyl (C=O) groups is 1. The van der Waals surface area contributed by atoms with Crippen LogP contribution in [0, 0.1) is 0 Å². The molecule has 1 atom stereocenters. The molecule has 1 aromatic heterocycles. The first kappa shape index (κ1) is 22.2. The summed E-state index contributed by atoms with van der Waals surface area (Å²) in [7, 11) is 3.09. The van der Waals surface area contributed by atoms with E-state index in [1.165, 1.54) is 18.9 Å². The SMILES string of the molecule is COc1ccc(OC)c(NC(=O)CSc2nc3ccccc3c(=O)n2C[C@@H]2CCCO2)c1. The topological polar surface area (TPSA) is 91.7 Å². The fourth-order valence-corrected chi connectivity index (χ4v) is 4.45. The van der Waals surface area contributed by atoms with Crippen LogP contribution in [0.25, 0.3) is 10.9 Å². The maximum atomic E-state index is 13.1. The van der Waals surface area contributed by atoms with Gasteiger partial charge >= 0.3 is 0 Å². The van der Waals surface area contributed by atoms with Crippen molar-refractivity contribution in [1.29, 1.82) is 0 Å². The van der Waals surface area contributed by atoms with E-state index in [2.05, 4.69) is 10.3 Å². The molecule has 1 N–H and O–H groups in total. The summed E-state index contributed by atoms with van der Waals surface area (Å²) >= 11 is 1.22. The summed E-state index contributed by atoms with van der Waals surface area (Å²) in [6.07, 6.45) is 1.86. The van der Waals surface area contributed by atoms with Gasteiger partial charge in [-0.05, 0) is 37.1 Å². The molecule has 8 nitrogen and oxygen atoms in total. The molecular weight excluding hydrogens is 430 g/mol. The molecule has 0 saturated carbocycles. The third kappa shape index (κ3) is 4.89. The van der Waals surface area contributed by atoms with Crippen LogP contribution >= 0.6 is 11.8 Å². The maximum absolute atomic E-state index is 13.1. The van der Waals surface area contributed by atoms with E-state index in [0.29, 0.717) is 46.4 Å². The summed E-state index contributed by atoms with van der Waals surface area (Å²) in [6.45, 7) is 1.12. The first-order valence-corrected chi connectivity index (χ1v) is 11.3. The van der Waals surface area contributed by atoms with Crippen molar-refractivity contribution in [2.75, 3.05) is 31.9 Å². The van der Waals surface area contributed by atoms with Crippen LogP contribution in [-0.4, -0.2) is 48.1 Å². The molecule has 2 heterocycles. The molecule has 0 spiro atoms. The van der Waals surface area contributed by atoms with Gasteiger partial charge < -0.3 is 19.5 Å². The lowest BCUT2D eigenvalue weighted by Gasteiger charge is -2.16. The number of aromatic nitrogens is 2. The fourth-order valence-electron chi connectivity index (χ4n) is 3.64. The minimum Gasteiger partial charge on any atom is -0.497 e. The Morgan fingerprint density at radius 3 is 2.84 bits per heavy atom. The van der Waals surface area contributed by atoms with E-state index >= 15 is 0 Å². The summed E-state index contributed by atoms with van der Waals surface area (Å²) < 4.78 is 17.9. The molecular formula is C23H25N3O5S.